The van der Waals surface area contributed by atoms with Crippen molar-refractivity contribution in [1.82, 2.24) is 5.32 Å². The third kappa shape index (κ3) is 4.81. The molecule has 0 bridgehead atoms. The summed E-state index contributed by atoms with van der Waals surface area (Å²) in [5.74, 6) is 0. The molecule has 2 aliphatic heterocycles. The lowest BCUT2D eigenvalue weighted by Gasteiger charge is -2.23. The average Bonchev–Trinajstić information content (AvgIpc) is 2.83. The number of nitrogens with one attached hydrogen (secondary N) is 1. The van der Waals surface area contributed by atoms with Crippen molar-refractivity contribution in [2.24, 2.45) is 0 Å². The number of hydrogen-bond acceptors (Lipinski definition) is 2. The standard InChI is InChI=1S/C15H27NO/c1-13(12-14-7-2-3-10-16-14)6-4-8-15-9-5-11-17-15/h6,14-16H,2-5,7-12H2,1H3. The number of piperidine rings is 1. The Bertz CT molecular complexity index is 237. The molecule has 98 valence electrons. The van der Waals surface area contributed by atoms with E-state index in [2.05, 4.69) is 18.3 Å². The summed E-state index contributed by atoms with van der Waals surface area (Å²) < 4.78 is 5.64. The van der Waals surface area contributed by atoms with Crippen molar-refractivity contribution >= 4 is 0 Å². The van der Waals surface area contributed by atoms with E-state index in [1.165, 1.54) is 57.9 Å². The molecule has 2 heteroatoms. The van der Waals surface area contributed by atoms with E-state index in [0.29, 0.717) is 6.10 Å². The molecule has 2 unspecified atom stereocenters. The zero-order valence-electron chi connectivity index (χ0n) is 11.2. The van der Waals surface area contributed by atoms with Crippen molar-refractivity contribution in [3.8, 4) is 0 Å². The van der Waals surface area contributed by atoms with Gasteiger partial charge >= 0.3 is 0 Å². The Hall–Kier alpha value is -0.340. The van der Waals surface area contributed by atoms with E-state index >= 15 is 0 Å². The monoisotopic (exact) mass is 237 g/mol. The topological polar surface area (TPSA) is 21.3 Å². The van der Waals surface area contributed by atoms with Crippen LogP contribution in [-0.2, 0) is 4.74 Å². The molecule has 0 amide bonds. The van der Waals surface area contributed by atoms with Crippen LogP contribution >= 0.6 is 0 Å². The molecule has 0 radical (unpaired) electrons. The predicted octanol–water partition coefficient (Wildman–Crippen LogP) is 3.42. The second kappa shape index (κ2) is 7.17. The minimum Gasteiger partial charge on any atom is -0.378 e. The lowest BCUT2D eigenvalue weighted by atomic mass is 9.97. The van der Waals surface area contributed by atoms with Crippen LogP contribution in [0.2, 0.25) is 0 Å². The molecule has 0 aliphatic carbocycles. The second-order valence-electron chi connectivity index (χ2n) is 5.61. The molecule has 2 atom stereocenters. The Morgan fingerprint density at radius 2 is 2.24 bits per heavy atom. The normalized spacial score (nSPS) is 30.8. The summed E-state index contributed by atoms with van der Waals surface area (Å²) in [6.07, 6.45) is 13.3. The Kier molecular flexibility index (Phi) is 5.53. The van der Waals surface area contributed by atoms with Gasteiger partial charge in [-0.2, -0.15) is 0 Å². The van der Waals surface area contributed by atoms with Crippen LogP contribution in [0, 0.1) is 0 Å². The molecule has 2 nitrogen and oxygen atoms in total. The highest BCUT2D eigenvalue weighted by Crippen LogP contribution is 2.19. The summed E-state index contributed by atoms with van der Waals surface area (Å²) in [5.41, 5.74) is 1.56. The van der Waals surface area contributed by atoms with Gasteiger partial charge in [-0.1, -0.05) is 18.1 Å². The van der Waals surface area contributed by atoms with E-state index in [4.69, 9.17) is 4.74 Å². The van der Waals surface area contributed by atoms with Crippen molar-refractivity contribution in [1.29, 1.82) is 0 Å². The molecule has 2 saturated heterocycles. The van der Waals surface area contributed by atoms with Gasteiger partial charge in [-0.15, -0.1) is 0 Å². The maximum absolute atomic E-state index is 5.64. The highest BCUT2D eigenvalue weighted by atomic mass is 16.5. The summed E-state index contributed by atoms with van der Waals surface area (Å²) in [6, 6.07) is 0.739. The van der Waals surface area contributed by atoms with Gasteiger partial charge in [0.05, 0.1) is 6.10 Å². The summed E-state index contributed by atoms with van der Waals surface area (Å²) in [7, 11) is 0. The van der Waals surface area contributed by atoms with Crippen molar-refractivity contribution in [3.63, 3.8) is 0 Å². The quantitative estimate of drug-likeness (QED) is 0.740. The number of rotatable bonds is 5. The maximum atomic E-state index is 5.64. The van der Waals surface area contributed by atoms with Gasteiger partial charge in [0.1, 0.15) is 0 Å². The smallest absolute Gasteiger partial charge is 0.0579 e. The SMILES string of the molecule is CC(=CCCC1CCCO1)CC1CCCCN1. The Morgan fingerprint density at radius 1 is 1.29 bits per heavy atom. The Balaban J connectivity index is 1.61. The second-order valence-corrected chi connectivity index (χ2v) is 5.61. The van der Waals surface area contributed by atoms with Crippen LogP contribution in [0.25, 0.3) is 0 Å². The van der Waals surface area contributed by atoms with Crippen LogP contribution in [0.15, 0.2) is 11.6 Å². The van der Waals surface area contributed by atoms with E-state index in [0.717, 1.165) is 12.6 Å². The minimum absolute atomic E-state index is 0.548. The van der Waals surface area contributed by atoms with Gasteiger partial charge in [0.15, 0.2) is 0 Å². The van der Waals surface area contributed by atoms with Crippen molar-refractivity contribution in [2.75, 3.05) is 13.2 Å². The van der Waals surface area contributed by atoms with Gasteiger partial charge in [0, 0.05) is 12.6 Å². The molecular weight excluding hydrogens is 210 g/mol. The molecule has 1 N–H and O–H groups in total. The van der Waals surface area contributed by atoms with E-state index in [1.807, 2.05) is 0 Å². The summed E-state index contributed by atoms with van der Waals surface area (Å²) >= 11 is 0. The van der Waals surface area contributed by atoms with E-state index in [9.17, 15) is 0 Å². The van der Waals surface area contributed by atoms with Crippen molar-refractivity contribution < 1.29 is 4.74 Å². The predicted molar refractivity (Wildman–Crippen MR) is 72.2 cm³/mol. The fraction of sp³-hybridized carbons (Fsp3) is 0.867. The first-order valence-corrected chi connectivity index (χ1v) is 7.35. The third-order valence-electron chi connectivity index (χ3n) is 3.99. The molecule has 0 spiro atoms. The van der Waals surface area contributed by atoms with Gasteiger partial charge in [-0.05, 0) is 58.4 Å². The van der Waals surface area contributed by atoms with Crippen LogP contribution in [-0.4, -0.2) is 25.3 Å². The van der Waals surface area contributed by atoms with Crippen LogP contribution in [0.1, 0.15) is 58.3 Å². The summed E-state index contributed by atoms with van der Waals surface area (Å²) in [6.45, 7) is 4.49. The van der Waals surface area contributed by atoms with Gasteiger partial charge in [-0.25, -0.2) is 0 Å². The highest BCUT2D eigenvalue weighted by Gasteiger charge is 2.15. The molecule has 0 saturated carbocycles. The van der Waals surface area contributed by atoms with Gasteiger partial charge in [0.2, 0.25) is 0 Å². The molecule has 0 aromatic carbocycles. The van der Waals surface area contributed by atoms with Gasteiger partial charge in [0.25, 0.3) is 0 Å². The molecule has 2 fully saturated rings. The first-order chi connectivity index (χ1) is 8.34. The van der Waals surface area contributed by atoms with Gasteiger partial charge < -0.3 is 10.1 Å². The van der Waals surface area contributed by atoms with Crippen LogP contribution in [0.4, 0.5) is 0 Å². The molecule has 0 aromatic heterocycles. The molecule has 0 aromatic rings. The van der Waals surface area contributed by atoms with E-state index < -0.39 is 0 Å². The fourth-order valence-electron chi connectivity index (χ4n) is 2.96. The molecule has 17 heavy (non-hydrogen) atoms. The minimum atomic E-state index is 0.548. The van der Waals surface area contributed by atoms with Crippen LogP contribution in [0.5, 0.6) is 0 Å². The maximum Gasteiger partial charge on any atom is 0.0579 e. The average molecular weight is 237 g/mol. The first kappa shape index (κ1) is 13.1. The lowest BCUT2D eigenvalue weighted by molar-refractivity contribution is 0.105. The van der Waals surface area contributed by atoms with Crippen molar-refractivity contribution in [2.45, 2.75) is 70.4 Å². The molecule has 2 rings (SSSR count). The molecule has 2 heterocycles. The number of ether oxygens (including phenoxy) is 1. The van der Waals surface area contributed by atoms with E-state index in [1.54, 1.807) is 5.57 Å². The third-order valence-corrected chi connectivity index (χ3v) is 3.99. The van der Waals surface area contributed by atoms with Crippen molar-refractivity contribution in [3.05, 3.63) is 11.6 Å². The lowest BCUT2D eigenvalue weighted by Crippen LogP contribution is -2.33. The largest absolute Gasteiger partial charge is 0.378 e. The fourth-order valence-corrected chi connectivity index (χ4v) is 2.96. The Labute approximate surface area is 106 Å². The van der Waals surface area contributed by atoms with Crippen LogP contribution in [0.3, 0.4) is 0 Å². The Morgan fingerprint density at radius 3 is 2.94 bits per heavy atom. The zero-order chi connectivity index (χ0) is 11.9. The van der Waals surface area contributed by atoms with Gasteiger partial charge in [-0.3, -0.25) is 0 Å². The molecule has 2 aliphatic rings. The zero-order valence-corrected chi connectivity index (χ0v) is 11.2. The summed E-state index contributed by atoms with van der Waals surface area (Å²) in [4.78, 5) is 0. The number of allylic oxidation sites excluding steroid dienone is 1. The van der Waals surface area contributed by atoms with Crippen LogP contribution < -0.4 is 5.32 Å². The first-order valence-electron chi connectivity index (χ1n) is 7.35. The van der Waals surface area contributed by atoms with E-state index in [-0.39, 0.29) is 0 Å². The molecular formula is C15H27NO. The highest BCUT2D eigenvalue weighted by molar-refractivity contribution is 5.01. The number of hydrogen-bond donors (Lipinski definition) is 1. The summed E-state index contributed by atoms with van der Waals surface area (Å²) in [5, 5.41) is 3.62.